The fourth-order valence-corrected chi connectivity index (χ4v) is 2.50. The molecule has 22 heavy (non-hydrogen) atoms. The van der Waals surface area contributed by atoms with Gasteiger partial charge in [0.1, 0.15) is 5.38 Å². The summed E-state index contributed by atoms with van der Waals surface area (Å²) >= 11 is 5.66. The summed E-state index contributed by atoms with van der Waals surface area (Å²) in [7, 11) is 0. The van der Waals surface area contributed by atoms with Gasteiger partial charge in [-0.25, -0.2) is 0 Å². The van der Waals surface area contributed by atoms with Crippen molar-refractivity contribution in [1.82, 2.24) is 0 Å². The number of halogens is 1. The first kappa shape index (κ1) is 24.7. The van der Waals surface area contributed by atoms with Crippen molar-refractivity contribution in [2.24, 2.45) is 0 Å². The fraction of sp³-hybridized carbons (Fsp3) is 0.833. The van der Waals surface area contributed by atoms with Crippen molar-refractivity contribution in [2.75, 3.05) is 0 Å². The van der Waals surface area contributed by atoms with Crippen molar-refractivity contribution < 1.29 is 9.90 Å². The molecule has 0 aromatic rings. The molecule has 0 fully saturated rings. The minimum absolute atomic E-state index is 0. The van der Waals surface area contributed by atoms with Gasteiger partial charge < -0.3 is 5.11 Å². The van der Waals surface area contributed by atoms with Crippen LogP contribution in [0.1, 0.15) is 90.4 Å². The van der Waals surface area contributed by atoms with Gasteiger partial charge in [0.05, 0.1) is 0 Å². The van der Waals surface area contributed by atoms with Crippen molar-refractivity contribution in [1.29, 1.82) is 0 Å². The molecule has 0 heterocycles. The topological polar surface area (TPSA) is 37.3 Å². The van der Waals surface area contributed by atoms with Gasteiger partial charge in [-0.05, 0) is 32.1 Å². The van der Waals surface area contributed by atoms with Crippen LogP contribution in [0, 0.1) is 0 Å². The second-order valence-corrected chi connectivity index (χ2v) is 6.35. The van der Waals surface area contributed by atoms with Gasteiger partial charge in [-0.2, -0.15) is 0 Å². The Morgan fingerprint density at radius 2 is 1.36 bits per heavy atom. The van der Waals surface area contributed by atoms with Crippen LogP contribution in [0.2, 0.25) is 0 Å². The molecule has 1 N–H and O–H groups in total. The van der Waals surface area contributed by atoms with Gasteiger partial charge in [-0.15, -0.1) is 11.6 Å². The number of carbonyl (C=O) groups is 1. The second kappa shape index (κ2) is 19.5. The van der Waals surface area contributed by atoms with Crippen LogP contribution >= 0.6 is 11.6 Å². The number of allylic oxidation sites excluding steroid dienone is 2. The normalized spacial score (nSPS) is 12.3. The van der Waals surface area contributed by atoms with E-state index in [0.29, 0.717) is 6.42 Å². The molecule has 0 aliphatic carbocycles. The molecule has 0 amide bonds. The van der Waals surface area contributed by atoms with Crippen LogP contribution in [-0.2, 0) is 4.79 Å². The Labute approximate surface area is 164 Å². The van der Waals surface area contributed by atoms with E-state index in [-0.39, 0.29) is 29.6 Å². The third-order valence-electron chi connectivity index (χ3n) is 3.74. The second-order valence-electron chi connectivity index (χ2n) is 5.83. The molecule has 1 radical (unpaired) electrons. The van der Waals surface area contributed by atoms with E-state index in [2.05, 4.69) is 19.1 Å². The van der Waals surface area contributed by atoms with Gasteiger partial charge >= 0.3 is 5.97 Å². The van der Waals surface area contributed by atoms with Gasteiger partial charge in [0.15, 0.2) is 0 Å². The summed E-state index contributed by atoms with van der Waals surface area (Å²) in [6.07, 6.45) is 20.1. The molecule has 4 heteroatoms. The Morgan fingerprint density at radius 3 is 1.86 bits per heavy atom. The molecule has 0 aromatic heterocycles. The van der Waals surface area contributed by atoms with E-state index in [1.807, 2.05) is 0 Å². The SMILES string of the molecule is CCCCCCCC/C=C\CCCCCCC(Cl)C(=O)O.[Na]. The third kappa shape index (κ3) is 18.5. The van der Waals surface area contributed by atoms with Crippen LogP contribution in [0.15, 0.2) is 12.2 Å². The summed E-state index contributed by atoms with van der Waals surface area (Å²) in [5, 5.41) is 7.94. The van der Waals surface area contributed by atoms with Crippen LogP contribution in [0.5, 0.6) is 0 Å². The minimum atomic E-state index is -0.894. The maximum atomic E-state index is 10.5. The summed E-state index contributed by atoms with van der Waals surface area (Å²) in [4.78, 5) is 10.5. The zero-order chi connectivity index (χ0) is 15.8. The van der Waals surface area contributed by atoms with Crippen molar-refractivity contribution >= 4 is 47.1 Å². The summed E-state index contributed by atoms with van der Waals surface area (Å²) in [6.45, 7) is 2.25. The molecule has 1 atom stereocenters. The minimum Gasteiger partial charge on any atom is -0.480 e. The zero-order valence-corrected chi connectivity index (χ0v) is 17.4. The summed E-state index contributed by atoms with van der Waals surface area (Å²) in [6, 6.07) is 0. The molecule has 0 bridgehead atoms. The zero-order valence-electron chi connectivity index (χ0n) is 14.7. The maximum absolute atomic E-state index is 10.5. The molecule has 0 aliphatic heterocycles. The smallest absolute Gasteiger partial charge is 0.321 e. The van der Waals surface area contributed by atoms with Crippen LogP contribution < -0.4 is 0 Å². The fourth-order valence-electron chi connectivity index (χ4n) is 2.34. The average Bonchev–Trinajstić information content (AvgIpc) is 2.47. The van der Waals surface area contributed by atoms with E-state index in [9.17, 15) is 4.79 Å². The molecule has 125 valence electrons. The molecular formula is C18H33ClNaO2. The van der Waals surface area contributed by atoms with Crippen molar-refractivity contribution in [3.05, 3.63) is 12.2 Å². The van der Waals surface area contributed by atoms with E-state index < -0.39 is 11.3 Å². The Kier molecular flexibility index (Phi) is 22.0. The number of rotatable bonds is 15. The Morgan fingerprint density at radius 1 is 0.909 bits per heavy atom. The third-order valence-corrected chi connectivity index (χ3v) is 4.14. The summed E-state index contributed by atoms with van der Waals surface area (Å²) in [5.74, 6) is -0.894. The average molecular weight is 340 g/mol. The van der Waals surface area contributed by atoms with Gasteiger partial charge in [0.2, 0.25) is 0 Å². The predicted octanol–water partition coefficient (Wildman–Crippen LogP) is 5.95. The van der Waals surface area contributed by atoms with E-state index in [0.717, 1.165) is 19.3 Å². The Bertz CT molecular complexity index is 270. The molecule has 2 nitrogen and oxygen atoms in total. The van der Waals surface area contributed by atoms with E-state index in [1.165, 1.54) is 57.8 Å². The molecular weight excluding hydrogens is 307 g/mol. The number of carboxylic acids is 1. The van der Waals surface area contributed by atoms with Crippen molar-refractivity contribution in [3.8, 4) is 0 Å². The standard InChI is InChI=1S/C18H33ClO2.Na/c1-2-3-4-5-6-7-8-9-10-11-12-13-14-15-16-17(19)18(20)21;/h9-10,17H,2-8,11-16H2,1H3,(H,20,21);/b10-9-;. The molecule has 0 saturated carbocycles. The number of alkyl halides is 1. The monoisotopic (exact) mass is 339 g/mol. The first-order chi connectivity index (χ1) is 10.2. The van der Waals surface area contributed by atoms with Crippen LogP contribution in [0.4, 0.5) is 0 Å². The van der Waals surface area contributed by atoms with Gasteiger partial charge in [0, 0.05) is 29.6 Å². The van der Waals surface area contributed by atoms with Crippen LogP contribution in [0.3, 0.4) is 0 Å². The Balaban J connectivity index is 0. The predicted molar refractivity (Wildman–Crippen MR) is 97.9 cm³/mol. The quantitative estimate of drug-likeness (QED) is 0.173. The maximum Gasteiger partial charge on any atom is 0.321 e. The Hall–Kier alpha value is 0.500. The molecule has 0 aromatic carbocycles. The van der Waals surface area contributed by atoms with Crippen molar-refractivity contribution in [2.45, 2.75) is 95.8 Å². The molecule has 0 spiro atoms. The van der Waals surface area contributed by atoms with Crippen molar-refractivity contribution in [3.63, 3.8) is 0 Å². The summed E-state index contributed by atoms with van der Waals surface area (Å²) in [5.41, 5.74) is 0. The van der Waals surface area contributed by atoms with Crippen LogP contribution in [-0.4, -0.2) is 46.0 Å². The van der Waals surface area contributed by atoms with E-state index >= 15 is 0 Å². The number of hydrogen-bond acceptors (Lipinski definition) is 1. The van der Waals surface area contributed by atoms with Gasteiger partial charge in [0.25, 0.3) is 0 Å². The van der Waals surface area contributed by atoms with E-state index in [4.69, 9.17) is 16.7 Å². The number of carboxylic acid groups (broad SMARTS) is 1. The largest absolute Gasteiger partial charge is 0.480 e. The van der Waals surface area contributed by atoms with Crippen LogP contribution in [0.25, 0.3) is 0 Å². The molecule has 1 unspecified atom stereocenters. The van der Waals surface area contributed by atoms with Gasteiger partial charge in [-0.1, -0.05) is 70.4 Å². The van der Waals surface area contributed by atoms with Gasteiger partial charge in [-0.3, -0.25) is 4.79 Å². The molecule has 0 rings (SSSR count). The first-order valence-corrected chi connectivity index (χ1v) is 9.14. The first-order valence-electron chi connectivity index (χ1n) is 8.70. The van der Waals surface area contributed by atoms with E-state index in [1.54, 1.807) is 0 Å². The number of aliphatic carboxylic acids is 1. The molecule has 0 saturated heterocycles. The molecule has 0 aliphatic rings. The summed E-state index contributed by atoms with van der Waals surface area (Å²) < 4.78 is 0. The number of hydrogen-bond donors (Lipinski definition) is 1. The number of unbranched alkanes of at least 4 members (excludes halogenated alkanes) is 10.